The van der Waals surface area contributed by atoms with Crippen LogP contribution in [0.2, 0.25) is 0 Å². The molecule has 0 radical (unpaired) electrons. The lowest BCUT2D eigenvalue weighted by Gasteiger charge is -2.23. The maximum absolute atomic E-state index is 5.37. The van der Waals surface area contributed by atoms with Crippen LogP contribution in [0.3, 0.4) is 0 Å². The largest absolute Gasteiger partial charge is 0.454 e. The predicted molar refractivity (Wildman–Crippen MR) is 109 cm³/mol. The Balaban J connectivity index is 1.41. The van der Waals surface area contributed by atoms with Crippen LogP contribution in [0.5, 0.6) is 11.5 Å². The minimum atomic E-state index is 0.268. The Morgan fingerprint density at radius 1 is 0.962 bits per heavy atom. The van der Waals surface area contributed by atoms with Crippen molar-refractivity contribution in [2.45, 2.75) is 13.1 Å². The number of fused-ring (bicyclic) bond motifs is 1. The van der Waals surface area contributed by atoms with E-state index in [4.69, 9.17) is 33.9 Å². The van der Waals surface area contributed by atoms with Gasteiger partial charge in [0.05, 0.1) is 0 Å². The first kappa shape index (κ1) is 18.2. The van der Waals surface area contributed by atoms with Gasteiger partial charge in [0.2, 0.25) is 6.79 Å². The molecule has 2 aromatic rings. The van der Waals surface area contributed by atoms with Gasteiger partial charge in [-0.3, -0.25) is 10.4 Å². The van der Waals surface area contributed by atoms with Crippen LogP contribution in [0.15, 0.2) is 48.5 Å². The van der Waals surface area contributed by atoms with Gasteiger partial charge < -0.3 is 20.1 Å². The van der Waals surface area contributed by atoms with E-state index in [1.807, 2.05) is 55.6 Å². The normalized spacial score (nSPS) is 11.6. The van der Waals surface area contributed by atoms with Gasteiger partial charge in [0.1, 0.15) is 0 Å². The highest BCUT2D eigenvalue weighted by molar-refractivity contribution is 7.80. The molecule has 0 spiro atoms. The zero-order chi connectivity index (χ0) is 18.4. The summed E-state index contributed by atoms with van der Waals surface area (Å²) >= 11 is 10.7. The fraction of sp³-hybridized carbons (Fsp3) is 0.222. The molecule has 0 saturated heterocycles. The van der Waals surface area contributed by atoms with Crippen LogP contribution in [0.1, 0.15) is 11.1 Å². The summed E-state index contributed by atoms with van der Waals surface area (Å²) in [6, 6.07) is 15.9. The second-order valence-corrected chi connectivity index (χ2v) is 6.48. The van der Waals surface area contributed by atoms with Gasteiger partial charge in [-0.15, -0.1) is 0 Å². The number of benzene rings is 2. The zero-order valence-electron chi connectivity index (χ0n) is 14.3. The Bertz CT molecular complexity index is 786. The molecular formula is C18H20N4O2S2. The molecule has 0 unspecified atom stereocenters. The van der Waals surface area contributed by atoms with Crippen LogP contribution in [0.25, 0.3) is 0 Å². The minimum Gasteiger partial charge on any atom is -0.454 e. The van der Waals surface area contributed by atoms with E-state index in [0.29, 0.717) is 23.3 Å². The van der Waals surface area contributed by atoms with Crippen LogP contribution < -0.4 is 25.5 Å². The minimum absolute atomic E-state index is 0.268. The van der Waals surface area contributed by atoms with Crippen molar-refractivity contribution in [3.63, 3.8) is 0 Å². The number of nitrogens with one attached hydrogen (secondary N) is 3. The first-order valence-electron chi connectivity index (χ1n) is 8.10. The van der Waals surface area contributed by atoms with Gasteiger partial charge in [0.25, 0.3) is 0 Å². The molecule has 0 bridgehead atoms. The summed E-state index contributed by atoms with van der Waals surface area (Å²) in [4.78, 5) is 0. The van der Waals surface area contributed by atoms with Crippen molar-refractivity contribution in [2.24, 2.45) is 0 Å². The van der Waals surface area contributed by atoms with Crippen molar-refractivity contribution < 1.29 is 9.47 Å². The van der Waals surface area contributed by atoms with Crippen LogP contribution in [0.4, 0.5) is 0 Å². The summed E-state index contributed by atoms with van der Waals surface area (Å²) in [7, 11) is 1.81. The Labute approximate surface area is 163 Å². The summed E-state index contributed by atoms with van der Waals surface area (Å²) < 4.78 is 10.7. The molecule has 8 heteroatoms. The number of hydrogen-bond acceptors (Lipinski definition) is 4. The third-order valence-electron chi connectivity index (χ3n) is 3.75. The van der Waals surface area contributed by atoms with Crippen molar-refractivity contribution in [1.82, 2.24) is 21.1 Å². The van der Waals surface area contributed by atoms with Gasteiger partial charge in [0.15, 0.2) is 21.7 Å². The Morgan fingerprint density at radius 2 is 1.69 bits per heavy atom. The van der Waals surface area contributed by atoms with E-state index in [9.17, 15) is 0 Å². The van der Waals surface area contributed by atoms with E-state index >= 15 is 0 Å². The smallest absolute Gasteiger partial charge is 0.231 e. The fourth-order valence-corrected chi connectivity index (χ4v) is 2.69. The summed E-state index contributed by atoms with van der Waals surface area (Å²) in [5.74, 6) is 1.52. The average molecular weight is 389 g/mol. The van der Waals surface area contributed by atoms with E-state index in [0.717, 1.165) is 22.6 Å². The summed E-state index contributed by atoms with van der Waals surface area (Å²) in [5, 5.41) is 9.04. The van der Waals surface area contributed by atoms with Gasteiger partial charge in [-0.1, -0.05) is 36.4 Å². The van der Waals surface area contributed by atoms with Crippen molar-refractivity contribution in [3.8, 4) is 11.5 Å². The van der Waals surface area contributed by atoms with E-state index in [-0.39, 0.29) is 6.79 Å². The number of ether oxygens (including phenoxy) is 2. The number of nitrogens with zero attached hydrogens (tertiary/aromatic N) is 1. The molecule has 0 aromatic heterocycles. The maximum atomic E-state index is 5.37. The second-order valence-electron chi connectivity index (χ2n) is 5.69. The fourth-order valence-electron chi connectivity index (χ4n) is 2.37. The second kappa shape index (κ2) is 8.68. The van der Waals surface area contributed by atoms with Gasteiger partial charge in [0, 0.05) is 20.1 Å². The molecule has 3 N–H and O–H groups in total. The van der Waals surface area contributed by atoms with Gasteiger partial charge in [-0.2, -0.15) is 0 Å². The summed E-state index contributed by atoms with van der Waals surface area (Å²) in [5.41, 5.74) is 5.24. The number of hydrazine groups is 1. The van der Waals surface area contributed by atoms with Crippen molar-refractivity contribution in [3.05, 3.63) is 59.7 Å². The van der Waals surface area contributed by atoms with E-state index in [1.54, 1.807) is 5.01 Å². The highest BCUT2D eigenvalue weighted by atomic mass is 32.1. The monoisotopic (exact) mass is 388 g/mol. The molecule has 2 aromatic carbocycles. The first-order chi connectivity index (χ1) is 12.6. The molecule has 1 aliphatic heterocycles. The quantitative estimate of drug-likeness (QED) is 0.545. The SMILES string of the molecule is CN(NC(=S)NCc1ccc2c(c1)OCO2)C(=S)NCc1ccccc1. The maximum Gasteiger partial charge on any atom is 0.231 e. The Kier molecular flexibility index (Phi) is 6.08. The lowest BCUT2D eigenvalue weighted by atomic mass is 10.2. The zero-order valence-corrected chi connectivity index (χ0v) is 16.0. The molecular weight excluding hydrogens is 368 g/mol. The highest BCUT2D eigenvalue weighted by Gasteiger charge is 2.13. The van der Waals surface area contributed by atoms with Gasteiger partial charge >= 0.3 is 0 Å². The molecule has 0 aliphatic carbocycles. The van der Waals surface area contributed by atoms with Crippen LogP contribution in [0, 0.1) is 0 Å². The Morgan fingerprint density at radius 3 is 2.50 bits per heavy atom. The molecule has 3 rings (SSSR count). The van der Waals surface area contributed by atoms with Crippen molar-refractivity contribution in [1.29, 1.82) is 0 Å². The molecule has 0 saturated carbocycles. The molecule has 1 aliphatic rings. The molecule has 1 heterocycles. The van der Waals surface area contributed by atoms with Crippen LogP contribution in [-0.2, 0) is 13.1 Å². The van der Waals surface area contributed by atoms with E-state index < -0.39 is 0 Å². The molecule has 0 amide bonds. The number of thiocarbonyl (C=S) groups is 2. The van der Waals surface area contributed by atoms with Gasteiger partial charge in [-0.25, -0.2) is 0 Å². The van der Waals surface area contributed by atoms with Crippen LogP contribution >= 0.6 is 24.4 Å². The molecule has 26 heavy (non-hydrogen) atoms. The van der Waals surface area contributed by atoms with E-state index in [1.165, 1.54) is 0 Å². The number of hydrogen-bond donors (Lipinski definition) is 3. The molecule has 6 nitrogen and oxygen atoms in total. The molecule has 136 valence electrons. The third kappa shape index (κ3) is 4.96. The molecule has 0 fully saturated rings. The lowest BCUT2D eigenvalue weighted by molar-refractivity contribution is 0.174. The third-order valence-corrected chi connectivity index (χ3v) is 4.40. The summed E-state index contributed by atoms with van der Waals surface area (Å²) in [6.07, 6.45) is 0. The summed E-state index contributed by atoms with van der Waals surface area (Å²) in [6.45, 7) is 1.49. The average Bonchev–Trinajstić information content (AvgIpc) is 3.13. The topological polar surface area (TPSA) is 57.8 Å². The lowest BCUT2D eigenvalue weighted by Crippen LogP contribution is -2.50. The Hall–Kier alpha value is -2.58. The van der Waals surface area contributed by atoms with Crippen molar-refractivity contribution >= 4 is 34.7 Å². The van der Waals surface area contributed by atoms with Crippen LogP contribution in [-0.4, -0.2) is 29.1 Å². The van der Waals surface area contributed by atoms with Gasteiger partial charge in [-0.05, 0) is 47.7 Å². The standard InChI is InChI=1S/C18H20N4O2S2/c1-22(18(26)20-10-13-5-3-2-4-6-13)21-17(25)19-11-14-7-8-15-16(9-14)24-12-23-15/h2-9H,10-12H2,1H3,(H,20,26)(H2,19,21,25). The predicted octanol–water partition coefficient (Wildman–Crippen LogP) is 2.30. The van der Waals surface area contributed by atoms with Crippen molar-refractivity contribution in [2.75, 3.05) is 13.8 Å². The molecule has 0 atom stereocenters. The highest BCUT2D eigenvalue weighted by Crippen LogP contribution is 2.32. The first-order valence-corrected chi connectivity index (χ1v) is 8.92. The number of rotatable bonds is 4. The van der Waals surface area contributed by atoms with E-state index in [2.05, 4.69) is 16.1 Å².